The summed E-state index contributed by atoms with van der Waals surface area (Å²) >= 11 is 0. The number of hydrogen-bond donors (Lipinski definition) is 0. The van der Waals surface area contributed by atoms with Crippen molar-refractivity contribution >= 4 is 25.6 Å². The minimum atomic E-state index is -4.50. The number of benzene rings is 3. The second-order valence-corrected chi connectivity index (χ2v) is 11.4. The first-order valence-corrected chi connectivity index (χ1v) is 12.7. The highest BCUT2D eigenvalue weighted by molar-refractivity contribution is 8.09. The first-order chi connectivity index (χ1) is 15.2. The first kappa shape index (κ1) is 23.4. The molecule has 0 radical (unpaired) electrons. The van der Waals surface area contributed by atoms with Crippen LogP contribution in [-0.2, 0) is 29.2 Å². The van der Waals surface area contributed by atoms with Crippen LogP contribution in [0.3, 0.4) is 0 Å². The minimum absolute atomic E-state index is 0.178. The third-order valence-corrected chi connectivity index (χ3v) is 10.2. The van der Waals surface area contributed by atoms with E-state index in [-0.39, 0.29) is 15.4 Å². The SMILES string of the molecule is C=C(C(=O)OC)[C@H](c1ccccc1)C(S(=O)(=O)c1ccccc1)S(=O)(=O)c1ccccc1. The number of sulfone groups is 2. The Hall–Kier alpha value is -3.23. The van der Waals surface area contributed by atoms with Gasteiger partial charge in [-0.15, -0.1) is 0 Å². The van der Waals surface area contributed by atoms with E-state index in [1.165, 1.54) is 48.5 Å². The lowest BCUT2D eigenvalue weighted by molar-refractivity contribution is -0.136. The Morgan fingerprint density at radius 1 is 0.719 bits per heavy atom. The number of hydrogen-bond acceptors (Lipinski definition) is 6. The summed E-state index contributed by atoms with van der Waals surface area (Å²) in [5.74, 6) is -2.30. The van der Waals surface area contributed by atoms with Crippen molar-refractivity contribution in [3.8, 4) is 0 Å². The largest absolute Gasteiger partial charge is 0.466 e. The Bertz CT molecular complexity index is 1230. The number of ether oxygens (including phenoxy) is 1. The van der Waals surface area contributed by atoms with Gasteiger partial charge < -0.3 is 4.74 Å². The average molecular weight is 471 g/mol. The van der Waals surface area contributed by atoms with Crippen LogP contribution in [0, 0.1) is 0 Å². The van der Waals surface area contributed by atoms with Gasteiger partial charge in [0, 0.05) is 11.5 Å². The standard InChI is InChI=1S/C24H22O6S2/c1-18(23(25)30-2)22(19-12-6-3-7-13-19)24(31(26,27)20-14-8-4-9-15-20)32(28,29)21-16-10-5-11-17-21/h3-17,22,24H,1H2,2H3/t22-/m1/s1. The lowest BCUT2D eigenvalue weighted by Crippen LogP contribution is -2.38. The number of esters is 1. The van der Waals surface area contributed by atoms with Crippen molar-refractivity contribution in [2.24, 2.45) is 0 Å². The molecule has 0 spiro atoms. The fourth-order valence-electron chi connectivity index (χ4n) is 3.45. The lowest BCUT2D eigenvalue weighted by atomic mass is 9.93. The van der Waals surface area contributed by atoms with Gasteiger partial charge in [-0.1, -0.05) is 73.3 Å². The molecule has 0 bridgehead atoms. The van der Waals surface area contributed by atoms with Crippen LogP contribution in [0.5, 0.6) is 0 Å². The van der Waals surface area contributed by atoms with Gasteiger partial charge in [0.2, 0.25) is 0 Å². The van der Waals surface area contributed by atoms with Crippen molar-refractivity contribution in [2.45, 2.75) is 20.3 Å². The van der Waals surface area contributed by atoms with Crippen molar-refractivity contribution in [3.63, 3.8) is 0 Å². The molecule has 6 nitrogen and oxygen atoms in total. The molecule has 3 rings (SSSR count). The molecular weight excluding hydrogens is 448 g/mol. The maximum atomic E-state index is 13.8. The molecule has 0 saturated heterocycles. The number of methoxy groups -OCH3 is 1. The topological polar surface area (TPSA) is 94.6 Å². The van der Waals surface area contributed by atoms with E-state index in [0.717, 1.165) is 7.11 Å². The Morgan fingerprint density at radius 2 is 1.09 bits per heavy atom. The van der Waals surface area contributed by atoms with Gasteiger partial charge in [0.25, 0.3) is 0 Å². The molecule has 3 aromatic carbocycles. The zero-order valence-electron chi connectivity index (χ0n) is 17.3. The smallest absolute Gasteiger partial charge is 0.333 e. The molecule has 0 N–H and O–H groups in total. The van der Waals surface area contributed by atoms with Crippen LogP contribution in [-0.4, -0.2) is 34.5 Å². The highest BCUT2D eigenvalue weighted by Gasteiger charge is 2.48. The molecule has 0 saturated carbocycles. The zero-order chi connectivity index (χ0) is 23.4. The van der Waals surface area contributed by atoms with E-state index in [0.29, 0.717) is 5.56 Å². The van der Waals surface area contributed by atoms with E-state index in [4.69, 9.17) is 4.74 Å². The Kier molecular flexibility index (Phi) is 6.96. The van der Waals surface area contributed by atoms with Gasteiger partial charge in [-0.05, 0) is 29.8 Å². The number of rotatable bonds is 8. The maximum absolute atomic E-state index is 13.8. The predicted molar refractivity (Wildman–Crippen MR) is 121 cm³/mol. The summed E-state index contributed by atoms with van der Waals surface area (Å²) in [7, 11) is -7.87. The van der Waals surface area contributed by atoms with Crippen molar-refractivity contribution in [2.75, 3.05) is 7.11 Å². The Balaban J connectivity index is 2.36. The van der Waals surface area contributed by atoms with Gasteiger partial charge in [0.1, 0.15) is 0 Å². The zero-order valence-corrected chi connectivity index (χ0v) is 18.9. The lowest BCUT2D eigenvalue weighted by Gasteiger charge is -2.28. The van der Waals surface area contributed by atoms with Gasteiger partial charge in [0.15, 0.2) is 24.3 Å². The third-order valence-electron chi connectivity index (χ3n) is 5.01. The molecule has 0 fully saturated rings. The second-order valence-electron chi connectivity index (χ2n) is 6.99. The molecule has 0 aliphatic rings. The van der Waals surface area contributed by atoms with Crippen molar-refractivity contribution in [3.05, 3.63) is 109 Å². The van der Waals surface area contributed by atoms with Crippen molar-refractivity contribution in [1.82, 2.24) is 0 Å². The summed E-state index contributed by atoms with van der Waals surface area (Å²) in [6.45, 7) is 3.73. The van der Waals surface area contributed by atoms with E-state index in [2.05, 4.69) is 6.58 Å². The van der Waals surface area contributed by atoms with Crippen molar-refractivity contribution < 1.29 is 26.4 Å². The second kappa shape index (κ2) is 9.50. The van der Waals surface area contributed by atoms with Gasteiger partial charge in [-0.2, -0.15) is 0 Å². The van der Waals surface area contributed by atoms with Crippen LogP contribution < -0.4 is 0 Å². The van der Waals surface area contributed by atoms with Crippen LogP contribution in [0.1, 0.15) is 11.5 Å². The van der Waals surface area contributed by atoms with Crippen LogP contribution in [0.15, 0.2) is 113 Å². The Morgan fingerprint density at radius 3 is 1.47 bits per heavy atom. The van der Waals surface area contributed by atoms with Crippen LogP contribution in [0.2, 0.25) is 0 Å². The summed E-state index contributed by atoms with van der Waals surface area (Å²) in [5.41, 5.74) is 0.0367. The average Bonchev–Trinajstić information content (AvgIpc) is 2.82. The molecular formula is C24H22O6S2. The van der Waals surface area contributed by atoms with E-state index >= 15 is 0 Å². The quantitative estimate of drug-likeness (QED) is 0.367. The molecule has 166 valence electrons. The molecule has 0 heterocycles. The molecule has 3 aromatic rings. The molecule has 32 heavy (non-hydrogen) atoms. The van der Waals surface area contributed by atoms with Crippen LogP contribution >= 0.6 is 0 Å². The number of carbonyl (C=O) groups is 1. The van der Waals surface area contributed by atoms with Gasteiger partial charge in [-0.3, -0.25) is 0 Å². The normalized spacial score (nSPS) is 12.8. The predicted octanol–water partition coefficient (Wildman–Crippen LogP) is 3.77. The molecule has 0 aromatic heterocycles. The highest BCUT2D eigenvalue weighted by atomic mass is 32.3. The van der Waals surface area contributed by atoms with Gasteiger partial charge >= 0.3 is 5.97 Å². The fourth-order valence-corrected chi connectivity index (χ4v) is 8.42. The third kappa shape index (κ3) is 4.51. The first-order valence-electron chi connectivity index (χ1n) is 9.61. The van der Waals surface area contributed by atoms with E-state index in [1.54, 1.807) is 42.5 Å². The summed E-state index contributed by atoms with van der Waals surface area (Å²) in [4.78, 5) is 12.1. The molecule has 1 atom stereocenters. The summed E-state index contributed by atoms with van der Waals surface area (Å²) in [6, 6.07) is 22.7. The summed E-state index contributed by atoms with van der Waals surface area (Å²) < 4.78 is 58.0. The van der Waals surface area contributed by atoms with Gasteiger partial charge in [0.05, 0.1) is 16.9 Å². The number of carbonyl (C=O) groups excluding carboxylic acids is 1. The maximum Gasteiger partial charge on any atom is 0.333 e. The monoisotopic (exact) mass is 470 g/mol. The highest BCUT2D eigenvalue weighted by Crippen LogP contribution is 2.40. The molecule has 0 aliphatic heterocycles. The fraction of sp³-hybridized carbons (Fsp3) is 0.125. The van der Waals surface area contributed by atoms with E-state index in [1.807, 2.05) is 0 Å². The summed E-state index contributed by atoms with van der Waals surface area (Å²) in [6.07, 6.45) is 0. The molecule has 0 unspecified atom stereocenters. The molecule has 0 amide bonds. The summed E-state index contributed by atoms with van der Waals surface area (Å²) in [5, 5.41) is 0. The van der Waals surface area contributed by atoms with Crippen LogP contribution in [0.4, 0.5) is 0 Å². The molecule has 0 aliphatic carbocycles. The van der Waals surface area contributed by atoms with Crippen molar-refractivity contribution in [1.29, 1.82) is 0 Å². The molecule has 8 heteroatoms. The van der Waals surface area contributed by atoms with Crippen LogP contribution in [0.25, 0.3) is 0 Å². The van der Waals surface area contributed by atoms with E-state index < -0.39 is 36.1 Å². The Labute approximate surface area is 188 Å². The van der Waals surface area contributed by atoms with E-state index in [9.17, 15) is 21.6 Å². The minimum Gasteiger partial charge on any atom is -0.466 e. The van der Waals surface area contributed by atoms with Gasteiger partial charge in [-0.25, -0.2) is 21.6 Å².